The lowest BCUT2D eigenvalue weighted by molar-refractivity contribution is -0.153. The minimum atomic E-state index is -4.47. The fourth-order valence-corrected chi connectivity index (χ4v) is 3.37. The molecule has 0 aliphatic rings. The molecule has 0 atom stereocenters. The number of nitrogens with one attached hydrogen (secondary N) is 1. The van der Waals surface area contributed by atoms with Crippen LogP contribution in [0.1, 0.15) is 5.56 Å². The largest absolute Gasteiger partial charge is 0.484 e. The van der Waals surface area contributed by atoms with Gasteiger partial charge in [0.1, 0.15) is 11.6 Å². The van der Waals surface area contributed by atoms with Crippen LogP contribution >= 0.6 is 0 Å². The summed E-state index contributed by atoms with van der Waals surface area (Å²) in [4.78, 5) is 11.9. The molecule has 2 aromatic carbocycles. The Morgan fingerprint density at radius 2 is 1.79 bits per heavy atom. The smallest absolute Gasteiger partial charge is 0.422 e. The van der Waals surface area contributed by atoms with Crippen molar-refractivity contribution in [3.63, 3.8) is 0 Å². The first-order chi connectivity index (χ1) is 13.5. The zero-order chi connectivity index (χ0) is 21.7. The van der Waals surface area contributed by atoms with Crippen LogP contribution in [0.2, 0.25) is 0 Å². The lowest BCUT2D eigenvalue weighted by Crippen LogP contribution is -2.38. The second-order valence-electron chi connectivity index (χ2n) is 6.04. The van der Waals surface area contributed by atoms with Gasteiger partial charge >= 0.3 is 6.18 Å². The summed E-state index contributed by atoms with van der Waals surface area (Å²) in [5, 5.41) is 2.48. The van der Waals surface area contributed by atoms with Crippen molar-refractivity contribution in [1.82, 2.24) is 9.62 Å². The Hall–Kier alpha value is -2.66. The first-order valence-corrected chi connectivity index (χ1v) is 9.68. The highest BCUT2D eigenvalue weighted by Gasteiger charge is 2.28. The lowest BCUT2D eigenvalue weighted by atomic mass is 10.2. The molecule has 0 heterocycles. The highest BCUT2D eigenvalue weighted by Crippen LogP contribution is 2.19. The Morgan fingerprint density at radius 3 is 2.41 bits per heavy atom. The summed E-state index contributed by atoms with van der Waals surface area (Å²) in [6, 6.07) is 9.89. The summed E-state index contributed by atoms with van der Waals surface area (Å²) >= 11 is 0. The van der Waals surface area contributed by atoms with Crippen LogP contribution in [0.3, 0.4) is 0 Å². The molecular weight excluding hydrogens is 416 g/mol. The van der Waals surface area contributed by atoms with Crippen molar-refractivity contribution in [3.8, 4) is 5.75 Å². The Labute approximate surface area is 165 Å². The molecule has 11 heteroatoms. The quantitative estimate of drug-likeness (QED) is 0.649. The fraction of sp³-hybridized carbons (Fsp3) is 0.278. The SMILES string of the molecule is CN(CC(=O)NCc1cccc(OCC(F)(F)F)c1)S(=O)(=O)c1ccc(F)cc1. The Morgan fingerprint density at radius 1 is 1.14 bits per heavy atom. The number of hydrogen-bond donors (Lipinski definition) is 1. The van der Waals surface area contributed by atoms with E-state index in [1.54, 1.807) is 6.07 Å². The van der Waals surface area contributed by atoms with E-state index in [2.05, 4.69) is 10.1 Å². The van der Waals surface area contributed by atoms with Crippen molar-refractivity contribution in [1.29, 1.82) is 0 Å². The molecule has 158 valence electrons. The van der Waals surface area contributed by atoms with Gasteiger partial charge in [-0.15, -0.1) is 0 Å². The van der Waals surface area contributed by atoms with Gasteiger partial charge in [-0.25, -0.2) is 12.8 Å². The maximum Gasteiger partial charge on any atom is 0.422 e. The molecule has 0 radical (unpaired) electrons. The number of carbonyl (C=O) groups is 1. The summed E-state index contributed by atoms with van der Waals surface area (Å²) in [6.45, 7) is -1.97. The van der Waals surface area contributed by atoms with Crippen molar-refractivity contribution < 1.29 is 35.5 Å². The average Bonchev–Trinajstić information content (AvgIpc) is 2.65. The second kappa shape index (κ2) is 9.23. The highest BCUT2D eigenvalue weighted by molar-refractivity contribution is 7.89. The van der Waals surface area contributed by atoms with E-state index in [-0.39, 0.29) is 17.2 Å². The molecule has 1 N–H and O–H groups in total. The number of alkyl halides is 3. The molecule has 0 aliphatic carbocycles. The van der Waals surface area contributed by atoms with E-state index in [0.29, 0.717) is 5.56 Å². The van der Waals surface area contributed by atoms with Crippen LogP contribution in [-0.2, 0) is 21.4 Å². The van der Waals surface area contributed by atoms with Gasteiger partial charge in [-0.05, 0) is 42.0 Å². The first kappa shape index (κ1) is 22.6. The van der Waals surface area contributed by atoms with Gasteiger partial charge < -0.3 is 10.1 Å². The minimum absolute atomic E-state index is 0.00919. The zero-order valence-electron chi connectivity index (χ0n) is 15.2. The molecule has 0 spiro atoms. The average molecular weight is 434 g/mol. The number of hydrogen-bond acceptors (Lipinski definition) is 4. The molecule has 6 nitrogen and oxygen atoms in total. The van der Waals surface area contributed by atoms with Crippen LogP contribution in [-0.4, -0.2) is 45.0 Å². The fourth-order valence-electron chi connectivity index (χ4n) is 2.24. The number of benzene rings is 2. The second-order valence-corrected chi connectivity index (χ2v) is 8.09. The molecule has 2 rings (SSSR count). The molecule has 29 heavy (non-hydrogen) atoms. The van der Waals surface area contributed by atoms with Gasteiger partial charge in [0.05, 0.1) is 11.4 Å². The van der Waals surface area contributed by atoms with E-state index in [9.17, 15) is 30.8 Å². The van der Waals surface area contributed by atoms with Gasteiger partial charge in [0, 0.05) is 13.6 Å². The molecule has 1 amide bonds. The number of ether oxygens (including phenoxy) is 1. The van der Waals surface area contributed by atoms with Crippen LogP contribution in [0.4, 0.5) is 17.6 Å². The molecule has 0 saturated heterocycles. The Balaban J connectivity index is 1.91. The number of carbonyl (C=O) groups excluding carboxylic acids is 1. The van der Waals surface area contributed by atoms with Crippen LogP contribution in [0.15, 0.2) is 53.4 Å². The number of halogens is 4. The van der Waals surface area contributed by atoms with Crippen LogP contribution in [0.25, 0.3) is 0 Å². The third kappa shape index (κ3) is 7.02. The van der Waals surface area contributed by atoms with E-state index >= 15 is 0 Å². The molecule has 0 unspecified atom stereocenters. The minimum Gasteiger partial charge on any atom is -0.484 e. The van der Waals surface area contributed by atoms with E-state index in [1.165, 1.54) is 25.2 Å². The first-order valence-electron chi connectivity index (χ1n) is 8.24. The highest BCUT2D eigenvalue weighted by atomic mass is 32.2. The van der Waals surface area contributed by atoms with E-state index in [4.69, 9.17) is 0 Å². The standard InChI is InChI=1S/C18H18F4N2O4S/c1-24(29(26,27)16-7-5-14(19)6-8-16)11-17(25)23-10-13-3-2-4-15(9-13)28-12-18(20,21)22/h2-9H,10-12H2,1H3,(H,23,25). The van der Waals surface area contributed by atoms with E-state index in [0.717, 1.165) is 28.6 Å². The summed E-state index contributed by atoms with van der Waals surface area (Å²) in [5.74, 6) is -1.23. The van der Waals surface area contributed by atoms with Gasteiger partial charge in [0.25, 0.3) is 0 Å². The third-order valence-electron chi connectivity index (χ3n) is 3.68. The summed E-state index contributed by atoms with van der Waals surface area (Å²) < 4.78 is 79.7. The maximum absolute atomic E-state index is 12.9. The molecule has 0 aromatic heterocycles. The third-order valence-corrected chi connectivity index (χ3v) is 5.50. The summed E-state index contributed by atoms with van der Waals surface area (Å²) in [6.07, 6.45) is -4.47. The number of likely N-dealkylation sites (N-methyl/N-ethyl adjacent to an activating group) is 1. The van der Waals surface area contributed by atoms with Crippen LogP contribution < -0.4 is 10.1 Å². The predicted octanol–water partition coefficient (Wildman–Crippen LogP) is 2.70. The molecule has 0 fully saturated rings. The molecule has 2 aromatic rings. The van der Waals surface area contributed by atoms with E-state index in [1.807, 2.05) is 0 Å². The van der Waals surface area contributed by atoms with E-state index < -0.39 is 41.1 Å². The van der Waals surface area contributed by atoms with Crippen molar-refractivity contribution in [2.45, 2.75) is 17.6 Å². The zero-order valence-corrected chi connectivity index (χ0v) is 16.1. The van der Waals surface area contributed by atoms with Gasteiger partial charge in [-0.1, -0.05) is 12.1 Å². The van der Waals surface area contributed by atoms with Gasteiger partial charge in [-0.3, -0.25) is 4.79 Å². The van der Waals surface area contributed by atoms with Crippen molar-refractivity contribution >= 4 is 15.9 Å². The summed E-state index contributed by atoms with van der Waals surface area (Å²) in [5.41, 5.74) is 0.474. The monoisotopic (exact) mass is 434 g/mol. The number of rotatable bonds is 8. The van der Waals surface area contributed by atoms with Gasteiger partial charge in [0.2, 0.25) is 15.9 Å². The molecule has 0 saturated carbocycles. The van der Waals surface area contributed by atoms with Crippen molar-refractivity contribution in [2.24, 2.45) is 0 Å². The maximum atomic E-state index is 12.9. The topological polar surface area (TPSA) is 75.7 Å². The lowest BCUT2D eigenvalue weighted by Gasteiger charge is -2.17. The molecule has 0 aliphatic heterocycles. The van der Waals surface area contributed by atoms with Crippen molar-refractivity contribution in [3.05, 3.63) is 59.9 Å². The molecule has 0 bridgehead atoms. The Kier molecular flexibility index (Phi) is 7.20. The molecular formula is C18H18F4N2O4S. The van der Waals surface area contributed by atoms with Crippen LogP contribution in [0, 0.1) is 5.82 Å². The number of nitrogens with zero attached hydrogens (tertiary/aromatic N) is 1. The van der Waals surface area contributed by atoms with Crippen LogP contribution in [0.5, 0.6) is 5.75 Å². The van der Waals surface area contributed by atoms with Crippen molar-refractivity contribution in [2.75, 3.05) is 20.2 Å². The number of amides is 1. The van der Waals surface area contributed by atoms with Gasteiger partial charge in [0.15, 0.2) is 6.61 Å². The normalized spacial score (nSPS) is 12.1. The predicted molar refractivity (Wildman–Crippen MR) is 96.1 cm³/mol. The summed E-state index contributed by atoms with van der Waals surface area (Å²) in [7, 11) is -2.78. The number of sulfonamides is 1. The van der Waals surface area contributed by atoms with Gasteiger partial charge in [-0.2, -0.15) is 17.5 Å². The Bertz CT molecular complexity index is 947.